The van der Waals surface area contributed by atoms with E-state index in [4.69, 9.17) is 44.8 Å². The second-order valence-electron chi connectivity index (χ2n) is 4.90. The van der Waals surface area contributed by atoms with E-state index in [9.17, 15) is 4.79 Å². The minimum absolute atomic E-state index is 0.194. The molecule has 4 nitrogen and oxygen atoms in total. The summed E-state index contributed by atoms with van der Waals surface area (Å²) < 4.78 is 5.79. The lowest BCUT2D eigenvalue weighted by molar-refractivity contribution is -0.120. The maximum atomic E-state index is 11.4. The number of benzene rings is 2. The molecule has 0 spiro atoms. The highest BCUT2D eigenvalue weighted by molar-refractivity contribution is 6.42. The smallest absolute Gasteiger partial charge is 0.234 e. The minimum atomic E-state index is -0.354. The van der Waals surface area contributed by atoms with E-state index < -0.39 is 0 Å². The summed E-state index contributed by atoms with van der Waals surface area (Å²) in [6.07, 6.45) is -0.194. The van der Waals surface area contributed by atoms with Crippen molar-refractivity contribution in [2.75, 3.05) is 0 Å². The van der Waals surface area contributed by atoms with Crippen LogP contribution in [0.25, 0.3) is 0 Å². The predicted octanol–water partition coefficient (Wildman–Crippen LogP) is 4.76. The van der Waals surface area contributed by atoms with Crippen LogP contribution >= 0.6 is 34.8 Å². The largest absolute Gasteiger partial charge is 0.489 e. The molecule has 1 amide bonds. The zero-order chi connectivity index (χ0) is 17.5. The van der Waals surface area contributed by atoms with Crippen molar-refractivity contribution in [3.05, 3.63) is 62.6 Å². The number of hydrogen-bond donors (Lipinski definition) is 1. The second-order valence-corrected chi connectivity index (χ2v) is 6.15. The van der Waals surface area contributed by atoms with Crippen LogP contribution in [0.2, 0.25) is 15.1 Å². The lowest BCUT2D eigenvalue weighted by Gasteiger charge is -2.13. The van der Waals surface area contributed by atoms with E-state index in [0.29, 0.717) is 26.4 Å². The molecule has 0 saturated carbocycles. The number of nitrogens with zero attached hydrogens (tertiary/aromatic N) is 1. The van der Waals surface area contributed by atoms with Crippen molar-refractivity contribution in [2.45, 2.75) is 19.6 Å². The summed E-state index contributed by atoms with van der Waals surface area (Å²) in [7, 11) is 0. The molecule has 0 fully saturated rings. The quantitative estimate of drug-likeness (QED) is 0.782. The highest BCUT2D eigenvalue weighted by Crippen LogP contribution is 2.26. The van der Waals surface area contributed by atoms with Crippen molar-refractivity contribution in [3.8, 4) is 11.8 Å². The third kappa shape index (κ3) is 5.31. The molecule has 1 N–H and O–H groups in total. The van der Waals surface area contributed by atoms with Crippen molar-refractivity contribution in [2.24, 2.45) is 0 Å². The van der Waals surface area contributed by atoms with Crippen molar-refractivity contribution >= 4 is 40.7 Å². The first-order valence-electron chi connectivity index (χ1n) is 6.98. The molecule has 0 aliphatic heterocycles. The molecule has 2 aromatic carbocycles. The van der Waals surface area contributed by atoms with Crippen LogP contribution in [0.4, 0.5) is 0 Å². The van der Waals surface area contributed by atoms with Gasteiger partial charge in [-0.1, -0.05) is 40.9 Å². The Morgan fingerprint density at radius 1 is 1.12 bits per heavy atom. The van der Waals surface area contributed by atoms with Crippen molar-refractivity contribution in [1.82, 2.24) is 5.32 Å². The Balaban J connectivity index is 2.07. The molecule has 2 rings (SSSR count). The van der Waals surface area contributed by atoms with Gasteiger partial charge in [0, 0.05) is 17.1 Å². The molecular formula is C17H13Cl3N2O2. The normalized spacial score (nSPS) is 10.1. The van der Waals surface area contributed by atoms with Crippen LogP contribution < -0.4 is 10.1 Å². The lowest BCUT2D eigenvalue weighted by atomic mass is 10.2. The fourth-order valence-electron chi connectivity index (χ4n) is 1.95. The number of rotatable bonds is 6. The molecular weight excluding hydrogens is 371 g/mol. The first-order chi connectivity index (χ1) is 11.5. The molecule has 2 aromatic rings. The summed E-state index contributed by atoms with van der Waals surface area (Å²) in [6.45, 7) is 0.509. The zero-order valence-electron chi connectivity index (χ0n) is 12.5. The monoisotopic (exact) mass is 382 g/mol. The van der Waals surface area contributed by atoms with Crippen LogP contribution in [0.5, 0.6) is 5.75 Å². The molecule has 7 heteroatoms. The van der Waals surface area contributed by atoms with Gasteiger partial charge in [-0.05, 0) is 35.9 Å². The van der Waals surface area contributed by atoms with Gasteiger partial charge in [-0.2, -0.15) is 5.26 Å². The van der Waals surface area contributed by atoms with E-state index in [1.54, 1.807) is 36.4 Å². The van der Waals surface area contributed by atoms with Gasteiger partial charge in [-0.15, -0.1) is 0 Å². The average Bonchev–Trinajstić information content (AvgIpc) is 2.55. The van der Waals surface area contributed by atoms with Crippen LogP contribution in [0.1, 0.15) is 17.5 Å². The van der Waals surface area contributed by atoms with E-state index in [1.807, 2.05) is 6.07 Å². The average molecular weight is 384 g/mol. The summed E-state index contributed by atoms with van der Waals surface area (Å²) in [4.78, 5) is 11.4. The first kappa shape index (κ1) is 18.4. The van der Waals surface area contributed by atoms with Gasteiger partial charge in [0.2, 0.25) is 5.91 Å². The third-order valence-electron chi connectivity index (χ3n) is 3.12. The van der Waals surface area contributed by atoms with Crippen molar-refractivity contribution in [3.63, 3.8) is 0 Å². The summed E-state index contributed by atoms with van der Waals surface area (Å²) in [5.41, 5.74) is 1.58. The van der Waals surface area contributed by atoms with Crippen LogP contribution in [-0.4, -0.2) is 5.91 Å². The summed E-state index contributed by atoms with van der Waals surface area (Å²) in [5.74, 6) is 0.232. The maximum absolute atomic E-state index is 11.4. The Bertz CT molecular complexity index is 788. The Kier molecular flexibility index (Phi) is 6.74. The number of nitriles is 1. The molecule has 0 aliphatic rings. The topological polar surface area (TPSA) is 62.1 Å². The summed E-state index contributed by atoms with van der Waals surface area (Å²) in [5, 5.41) is 12.6. The van der Waals surface area contributed by atoms with E-state index in [0.717, 1.165) is 5.56 Å². The number of carbonyl (C=O) groups is 1. The van der Waals surface area contributed by atoms with Crippen molar-refractivity contribution in [1.29, 1.82) is 5.26 Å². The minimum Gasteiger partial charge on any atom is -0.489 e. The van der Waals surface area contributed by atoms with E-state index in [2.05, 4.69) is 5.32 Å². The fraction of sp³-hybridized carbons (Fsp3) is 0.176. The molecule has 0 saturated heterocycles. The van der Waals surface area contributed by atoms with Gasteiger partial charge in [-0.3, -0.25) is 4.79 Å². The highest BCUT2D eigenvalue weighted by Gasteiger charge is 2.08. The van der Waals surface area contributed by atoms with Gasteiger partial charge in [0.25, 0.3) is 0 Å². The molecule has 0 radical (unpaired) electrons. The van der Waals surface area contributed by atoms with Crippen LogP contribution in [0.3, 0.4) is 0 Å². The maximum Gasteiger partial charge on any atom is 0.234 e. The Morgan fingerprint density at radius 2 is 1.92 bits per heavy atom. The van der Waals surface area contributed by atoms with Crippen molar-refractivity contribution < 1.29 is 9.53 Å². The van der Waals surface area contributed by atoms with E-state index >= 15 is 0 Å². The Morgan fingerprint density at radius 3 is 2.62 bits per heavy atom. The molecule has 0 unspecified atom stereocenters. The molecule has 24 heavy (non-hydrogen) atoms. The standard InChI is InChI=1S/C17H13Cl3N2O2/c18-13-2-4-16(12(8-13)9-22-17(23)5-6-21)24-10-11-1-3-14(19)15(20)7-11/h1-4,7-8H,5,9-10H2,(H,22,23). The van der Waals surface area contributed by atoms with Gasteiger partial charge in [0.05, 0.1) is 16.1 Å². The second kappa shape index (κ2) is 8.79. The SMILES string of the molecule is N#CCC(=O)NCc1cc(Cl)ccc1OCc1ccc(Cl)c(Cl)c1. The number of ether oxygens (including phenoxy) is 1. The Hall–Kier alpha value is -1.93. The molecule has 0 atom stereocenters. The number of halogens is 3. The molecule has 0 aliphatic carbocycles. The van der Waals surface area contributed by atoms with E-state index in [-0.39, 0.29) is 25.5 Å². The van der Waals surface area contributed by atoms with Crippen LogP contribution in [0, 0.1) is 11.3 Å². The van der Waals surface area contributed by atoms with Gasteiger partial charge in [-0.25, -0.2) is 0 Å². The number of nitrogens with one attached hydrogen (secondary N) is 1. The van der Waals surface area contributed by atoms with Gasteiger partial charge >= 0.3 is 0 Å². The zero-order valence-corrected chi connectivity index (χ0v) is 14.8. The molecule has 124 valence electrons. The Labute approximate surface area is 154 Å². The van der Waals surface area contributed by atoms with Crippen LogP contribution in [-0.2, 0) is 17.9 Å². The highest BCUT2D eigenvalue weighted by atomic mass is 35.5. The third-order valence-corrected chi connectivity index (χ3v) is 4.09. The summed E-state index contributed by atoms with van der Waals surface area (Å²) >= 11 is 17.9. The first-order valence-corrected chi connectivity index (χ1v) is 8.12. The molecule has 0 heterocycles. The van der Waals surface area contributed by atoms with E-state index in [1.165, 1.54) is 0 Å². The van der Waals surface area contributed by atoms with Gasteiger partial charge < -0.3 is 10.1 Å². The molecule has 0 bridgehead atoms. The van der Waals surface area contributed by atoms with Crippen LogP contribution in [0.15, 0.2) is 36.4 Å². The van der Waals surface area contributed by atoms with Gasteiger partial charge in [0.1, 0.15) is 18.8 Å². The summed E-state index contributed by atoms with van der Waals surface area (Å²) in [6, 6.07) is 12.2. The number of carbonyl (C=O) groups excluding carboxylic acids is 1. The number of amides is 1. The lowest BCUT2D eigenvalue weighted by Crippen LogP contribution is -2.22. The van der Waals surface area contributed by atoms with Gasteiger partial charge in [0.15, 0.2) is 0 Å². The number of hydrogen-bond acceptors (Lipinski definition) is 3. The fourth-order valence-corrected chi connectivity index (χ4v) is 2.46. The molecule has 0 aromatic heterocycles. The predicted molar refractivity (Wildman–Crippen MR) is 94.3 cm³/mol.